The number of amides is 1. The molecule has 0 saturated heterocycles. The van der Waals surface area contributed by atoms with E-state index in [9.17, 15) is 4.79 Å². The molecule has 2 heterocycles. The lowest BCUT2D eigenvalue weighted by molar-refractivity contribution is -0.121. The third-order valence-corrected chi connectivity index (χ3v) is 3.74. The second-order valence-corrected chi connectivity index (χ2v) is 5.24. The summed E-state index contributed by atoms with van der Waals surface area (Å²) in [5.41, 5.74) is 3.44. The number of hydrogen-bond acceptors (Lipinski definition) is 3. The molecule has 0 aromatic carbocycles. The molecule has 1 N–H and O–H groups in total. The number of aryl methyl sites for hydroxylation is 2. The van der Waals surface area contributed by atoms with Crippen LogP contribution in [0, 0.1) is 20.8 Å². The zero-order valence-electron chi connectivity index (χ0n) is 13.0. The monoisotopic (exact) mass is 289 g/mol. The first kappa shape index (κ1) is 15.3. The second-order valence-electron chi connectivity index (χ2n) is 5.24. The van der Waals surface area contributed by atoms with Gasteiger partial charge in [-0.15, -0.1) is 0 Å². The Balaban J connectivity index is 1.66. The molecule has 2 rings (SSSR count). The zero-order valence-corrected chi connectivity index (χ0v) is 13.0. The number of hydrogen-bond donors (Lipinski definition) is 1. The van der Waals surface area contributed by atoms with E-state index < -0.39 is 0 Å². The molecule has 2 aromatic heterocycles. The fourth-order valence-electron chi connectivity index (χ4n) is 2.23. The van der Waals surface area contributed by atoms with Crippen LogP contribution in [0.15, 0.2) is 18.5 Å². The highest BCUT2D eigenvalue weighted by atomic mass is 16.1. The van der Waals surface area contributed by atoms with Crippen molar-refractivity contribution in [3.05, 3.63) is 35.4 Å². The Morgan fingerprint density at radius 2 is 2.10 bits per heavy atom. The molecule has 6 nitrogen and oxygen atoms in total. The molecule has 0 saturated carbocycles. The Hall–Kier alpha value is -2.11. The summed E-state index contributed by atoms with van der Waals surface area (Å²) in [6.45, 7) is 8.24. The molecule has 114 valence electrons. The Morgan fingerprint density at radius 1 is 1.29 bits per heavy atom. The van der Waals surface area contributed by atoms with E-state index in [2.05, 4.69) is 29.4 Å². The number of aromatic nitrogens is 4. The van der Waals surface area contributed by atoms with Gasteiger partial charge in [-0.2, -0.15) is 10.2 Å². The van der Waals surface area contributed by atoms with Crippen LogP contribution in [0.5, 0.6) is 0 Å². The van der Waals surface area contributed by atoms with Crippen molar-refractivity contribution in [1.82, 2.24) is 24.9 Å². The van der Waals surface area contributed by atoms with E-state index in [1.807, 2.05) is 28.6 Å². The van der Waals surface area contributed by atoms with Crippen molar-refractivity contribution in [1.29, 1.82) is 0 Å². The van der Waals surface area contributed by atoms with Crippen molar-refractivity contribution < 1.29 is 4.79 Å². The first-order valence-corrected chi connectivity index (χ1v) is 7.32. The van der Waals surface area contributed by atoms with Gasteiger partial charge in [0.2, 0.25) is 5.91 Å². The fraction of sp³-hybridized carbons (Fsp3) is 0.533. The van der Waals surface area contributed by atoms with Crippen molar-refractivity contribution in [3.8, 4) is 0 Å². The summed E-state index contributed by atoms with van der Waals surface area (Å²) in [4.78, 5) is 11.7. The summed E-state index contributed by atoms with van der Waals surface area (Å²) in [6, 6.07) is 1.89. The number of carbonyl (C=O) groups excluding carboxylic acids is 1. The maximum absolute atomic E-state index is 11.7. The van der Waals surface area contributed by atoms with Crippen LogP contribution in [0.4, 0.5) is 0 Å². The predicted octanol–water partition coefficient (Wildman–Crippen LogP) is 1.60. The highest BCUT2D eigenvalue weighted by Crippen LogP contribution is 2.10. The minimum Gasteiger partial charge on any atom is -0.354 e. The molecular weight excluding hydrogens is 266 g/mol. The van der Waals surface area contributed by atoms with Crippen LogP contribution in [0.1, 0.15) is 29.8 Å². The quantitative estimate of drug-likeness (QED) is 0.842. The average molecular weight is 289 g/mol. The van der Waals surface area contributed by atoms with Crippen LogP contribution in [-0.4, -0.2) is 32.0 Å². The minimum absolute atomic E-state index is 0.0837. The SMILES string of the molecule is Cc1nn(CCNC(=O)CCCn2cccn2)c(C)c1C. The second kappa shape index (κ2) is 7.06. The van der Waals surface area contributed by atoms with Crippen molar-refractivity contribution in [2.24, 2.45) is 0 Å². The highest BCUT2D eigenvalue weighted by Gasteiger charge is 2.07. The first-order chi connectivity index (χ1) is 10.1. The van der Waals surface area contributed by atoms with Gasteiger partial charge in [-0.05, 0) is 38.8 Å². The summed E-state index contributed by atoms with van der Waals surface area (Å²) in [7, 11) is 0. The van der Waals surface area contributed by atoms with Gasteiger partial charge in [-0.25, -0.2) is 0 Å². The fourth-order valence-corrected chi connectivity index (χ4v) is 2.23. The largest absolute Gasteiger partial charge is 0.354 e. The molecule has 0 aliphatic heterocycles. The van der Waals surface area contributed by atoms with E-state index in [4.69, 9.17) is 0 Å². The summed E-state index contributed by atoms with van der Waals surface area (Å²) >= 11 is 0. The van der Waals surface area contributed by atoms with Crippen molar-refractivity contribution in [2.45, 2.75) is 46.7 Å². The van der Waals surface area contributed by atoms with Gasteiger partial charge in [-0.3, -0.25) is 14.2 Å². The molecule has 0 fully saturated rings. The molecule has 0 aliphatic rings. The topological polar surface area (TPSA) is 64.7 Å². The highest BCUT2D eigenvalue weighted by molar-refractivity contribution is 5.75. The molecule has 1 amide bonds. The number of rotatable bonds is 7. The molecule has 6 heteroatoms. The Bertz CT molecular complexity index is 585. The van der Waals surface area contributed by atoms with Gasteiger partial charge in [0.1, 0.15) is 0 Å². The van der Waals surface area contributed by atoms with Crippen LogP contribution in [0.3, 0.4) is 0 Å². The summed E-state index contributed by atoms with van der Waals surface area (Å²) in [6.07, 6.45) is 4.97. The maximum atomic E-state index is 11.7. The Kier molecular flexibility index (Phi) is 5.14. The van der Waals surface area contributed by atoms with E-state index >= 15 is 0 Å². The van der Waals surface area contributed by atoms with Gasteiger partial charge in [0.25, 0.3) is 0 Å². The Morgan fingerprint density at radius 3 is 2.71 bits per heavy atom. The Labute approximate surface area is 125 Å². The van der Waals surface area contributed by atoms with E-state index in [-0.39, 0.29) is 5.91 Å². The third-order valence-electron chi connectivity index (χ3n) is 3.74. The standard InChI is InChI=1S/C15H23N5O/c1-12-13(2)18-20(14(12)3)11-8-16-15(21)6-4-9-19-10-5-7-17-19/h5,7,10H,4,6,8-9,11H2,1-3H3,(H,16,21). The van der Waals surface area contributed by atoms with Crippen molar-refractivity contribution >= 4 is 5.91 Å². The summed E-state index contributed by atoms with van der Waals surface area (Å²) in [5.74, 6) is 0.0837. The van der Waals surface area contributed by atoms with E-state index in [0.717, 1.165) is 18.7 Å². The van der Waals surface area contributed by atoms with Gasteiger partial charge in [-0.1, -0.05) is 0 Å². The van der Waals surface area contributed by atoms with Gasteiger partial charge >= 0.3 is 0 Å². The van der Waals surface area contributed by atoms with Gasteiger partial charge in [0, 0.05) is 37.6 Å². The van der Waals surface area contributed by atoms with Crippen LogP contribution in [0.2, 0.25) is 0 Å². The molecule has 0 atom stereocenters. The van der Waals surface area contributed by atoms with Crippen LogP contribution in [0.25, 0.3) is 0 Å². The zero-order chi connectivity index (χ0) is 15.2. The summed E-state index contributed by atoms with van der Waals surface area (Å²) in [5, 5.41) is 11.5. The predicted molar refractivity (Wildman–Crippen MR) is 80.9 cm³/mol. The average Bonchev–Trinajstić information content (AvgIpc) is 3.04. The minimum atomic E-state index is 0.0837. The van der Waals surface area contributed by atoms with Crippen LogP contribution in [-0.2, 0) is 17.9 Å². The van der Waals surface area contributed by atoms with Gasteiger partial charge in [0.05, 0.1) is 12.2 Å². The first-order valence-electron chi connectivity index (χ1n) is 7.32. The summed E-state index contributed by atoms with van der Waals surface area (Å²) < 4.78 is 3.79. The number of nitrogens with zero attached hydrogens (tertiary/aromatic N) is 4. The van der Waals surface area contributed by atoms with Gasteiger partial charge < -0.3 is 5.32 Å². The third kappa shape index (κ3) is 4.18. The molecule has 0 unspecified atom stereocenters. The molecule has 2 aromatic rings. The molecule has 0 spiro atoms. The molecule has 0 bridgehead atoms. The number of carbonyl (C=O) groups is 1. The normalized spacial score (nSPS) is 10.8. The lowest BCUT2D eigenvalue weighted by Crippen LogP contribution is -2.27. The number of nitrogens with one attached hydrogen (secondary N) is 1. The smallest absolute Gasteiger partial charge is 0.220 e. The molecular formula is C15H23N5O. The van der Waals surface area contributed by atoms with Crippen molar-refractivity contribution in [3.63, 3.8) is 0 Å². The lowest BCUT2D eigenvalue weighted by atomic mass is 10.2. The molecule has 0 radical (unpaired) electrons. The van der Waals surface area contributed by atoms with E-state index in [0.29, 0.717) is 19.5 Å². The lowest BCUT2D eigenvalue weighted by Gasteiger charge is -2.07. The maximum Gasteiger partial charge on any atom is 0.220 e. The van der Waals surface area contributed by atoms with Crippen molar-refractivity contribution in [2.75, 3.05) is 6.54 Å². The van der Waals surface area contributed by atoms with E-state index in [1.165, 1.54) is 11.3 Å². The van der Waals surface area contributed by atoms with Crippen LogP contribution < -0.4 is 5.32 Å². The molecule has 21 heavy (non-hydrogen) atoms. The van der Waals surface area contributed by atoms with E-state index in [1.54, 1.807) is 6.20 Å². The molecule has 0 aliphatic carbocycles. The van der Waals surface area contributed by atoms with Crippen LogP contribution >= 0.6 is 0 Å². The van der Waals surface area contributed by atoms with Gasteiger partial charge in [0.15, 0.2) is 0 Å².